The van der Waals surface area contributed by atoms with Crippen LogP contribution in [-0.4, -0.2) is 79.1 Å². The second-order valence-electron chi connectivity index (χ2n) is 13.4. The Morgan fingerprint density at radius 1 is 1.08 bits per heavy atom. The van der Waals surface area contributed by atoms with E-state index in [-0.39, 0.29) is 29.7 Å². The number of likely N-dealkylation sites (tertiary alicyclic amines) is 1. The van der Waals surface area contributed by atoms with Gasteiger partial charge in [-0.1, -0.05) is 48.5 Å². The maximum absolute atomic E-state index is 13.7. The van der Waals surface area contributed by atoms with Crippen molar-refractivity contribution >= 4 is 18.0 Å². The fourth-order valence-corrected chi connectivity index (χ4v) is 9.04. The number of alkyl halides is 3. The van der Waals surface area contributed by atoms with Crippen LogP contribution in [-0.2, 0) is 32.6 Å². The highest BCUT2D eigenvalue weighted by Gasteiger charge is 2.75. The van der Waals surface area contributed by atoms with Gasteiger partial charge >= 0.3 is 12.3 Å². The summed E-state index contributed by atoms with van der Waals surface area (Å²) in [5.74, 6) is 0.186. The molecule has 2 aliphatic heterocycles. The summed E-state index contributed by atoms with van der Waals surface area (Å²) in [5, 5.41) is 0. The van der Waals surface area contributed by atoms with Crippen molar-refractivity contribution in [3.05, 3.63) is 95.1 Å². The number of carbonyl (C=O) groups is 2. The lowest BCUT2D eigenvalue weighted by atomic mass is 9.48. The molecule has 2 aliphatic carbocycles. The molecule has 5 atom stereocenters. The molecule has 3 aromatic carbocycles. The Balaban J connectivity index is 1.23. The van der Waals surface area contributed by atoms with Gasteiger partial charge in [0.1, 0.15) is 17.5 Å². The summed E-state index contributed by atoms with van der Waals surface area (Å²) in [5.41, 5.74) is 2.15. The van der Waals surface area contributed by atoms with Crippen LogP contribution >= 0.6 is 0 Å². The van der Waals surface area contributed by atoms with Gasteiger partial charge in [-0.3, -0.25) is 14.5 Å². The summed E-state index contributed by atoms with van der Waals surface area (Å²) in [4.78, 5) is 30.9. The molecular formula is C38H39F3N2O6. The van der Waals surface area contributed by atoms with Gasteiger partial charge in [-0.15, -0.1) is 13.2 Å². The lowest BCUT2D eigenvalue weighted by molar-refractivity contribution is -0.274. The first-order chi connectivity index (χ1) is 23.5. The van der Waals surface area contributed by atoms with Crippen molar-refractivity contribution in [1.29, 1.82) is 0 Å². The van der Waals surface area contributed by atoms with Crippen molar-refractivity contribution in [2.75, 3.05) is 27.2 Å². The third kappa shape index (κ3) is 5.61. The van der Waals surface area contributed by atoms with Crippen LogP contribution in [0.2, 0.25) is 0 Å². The Hall–Kier alpha value is -4.51. The molecule has 0 radical (unpaired) electrons. The van der Waals surface area contributed by atoms with Crippen molar-refractivity contribution in [1.82, 2.24) is 9.80 Å². The molecule has 8 nitrogen and oxygen atoms in total. The van der Waals surface area contributed by atoms with Gasteiger partial charge < -0.3 is 23.8 Å². The topological polar surface area (TPSA) is 77.5 Å². The van der Waals surface area contributed by atoms with Crippen LogP contribution in [0, 0.1) is 0 Å². The fourth-order valence-electron chi connectivity index (χ4n) is 9.04. The number of benzene rings is 3. The smallest absolute Gasteiger partial charge is 0.493 e. The van der Waals surface area contributed by atoms with Crippen LogP contribution in [0.1, 0.15) is 48.4 Å². The molecule has 258 valence electrons. The van der Waals surface area contributed by atoms with E-state index in [0.29, 0.717) is 42.7 Å². The van der Waals surface area contributed by atoms with E-state index >= 15 is 0 Å². The van der Waals surface area contributed by atoms with E-state index in [9.17, 15) is 22.8 Å². The molecule has 0 aromatic heterocycles. The van der Waals surface area contributed by atoms with Crippen LogP contribution in [0.5, 0.6) is 17.2 Å². The average Bonchev–Trinajstić information content (AvgIpc) is 3.41. The van der Waals surface area contributed by atoms with E-state index < -0.39 is 23.5 Å². The molecule has 1 spiro atoms. The molecule has 0 unspecified atom stereocenters. The Labute approximate surface area is 283 Å². The molecule has 3 aromatic rings. The highest BCUT2D eigenvalue weighted by atomic mass is 19.4. The van der Waals surface area contributed by atoms with Crippen molar-refractivity contribution in [2.24, 2.45) is 0 Å². The second kappa shape index (κ2) is 12.4. The van der Waals surface area contributed by atoms with Crippen LogP contribution in [0.15, 0.2) is 72.8 Å². The van der Waals surface area contributed by atoms with Crippen LogP contribution in [0.3, 0.4) is 0 Å². The number of amides is 1. The zero-order chi connectivity index (χ0) is 34.6. The summed E-state index contributed by atoms with van der Waals surface area (Å²) in [6.07, 6.45) is 0.709. The van der Waals surface area contributed by atoms with Crippen molar-refractivity contribution in [3.8, 4) is 17.2 Å². The maximum Gasteiger partial charge on any atom is 0.573 e. The number of esters is 1. The Bertz CT molecular complexity index is 1780. The third-order valence-corrected chi connectivity index (χ3v) is 10.9. The van der Waals surface area contributed by atoms with E-state index in [1.165, 1.54) is 42.8 Å². The molecule has 0 N–H and O–H groups in total. The van der Waals surface area contributed by atoms with Gasteiger partial charge in [0.05, 0.1) is 24.6 Å². The number of hydrogen-bond donors (Lipinski definition) is 0. The summed E-state index contributed by atoms with van der Waals surface area (Å²) < 4.78 is 61.6. The van der Waals surface area contributed by atoms with Gasteiger partial charge in [0, 0.05) is 32.2 Å². The molecule has 1 saturated carbocycles. The largest absolute Gasteiger partial charge is 0.573 e. The van der Waals surface area contributed by atoms with Gasteiger partial charge in [-0.2, -0.15) is 0 Å². The van der Waals surface area contributed by atoms with Crippen LogP contribution in [0.25, 0.3) is 6.08 Å². The van der Waals surface area contributed by atoms with Crippen LogP contribution < -0.4 is 14.2 Å². The molecule has 2 fully saturated rings. The number of nitrogens with zero attached hydrogens (tertiary/aromatic N) is 2. The molecular weight excluding hydrogens is 637 g/mol. The number of halogens is 3. The van der Waals surface area contributed by atoms with Crippen molar-refractivity contribution < 1.29 is 41.7 Å². The summed E-state index contributed by atoms with van der Waals surface area (Å²) >= 11 is 0. The molecule has 1 amide bonds. The number of methoxy groups -OCH3 is 1. The van der Waals surface area contributed by atoms with Gasteiger partial charge in [-0.25, -0.2) is 0 Å². The molecule has 2 bridgehead atoms. The van der Waals surface area contributed by atoms with Crippen LogP contribution in [0.4, 0.5) is 13.2 Å². The third-order valence-electron chi connectivity index (χ3n) is 10.9. The minimum absolute atomic E-state index is 0.0974. The molecule has 49 heavy (non-hydrogen) atoms. The zero-order valence-electron chi connectivity index (χ0n) is 27.7. The Morgan fingerprint density at radius 3 is 2.61 bits per heavy atom. The molecule has 7 rings (SSSR count). The number of rotatable bonds is 9. The van der Waals surface area contributed by atoms with E-state index in [2.05, 4.69) is 27.8 Å². The first kappa shape index (κ1) is 33.0. The highest BCUT2D eigenvalue weighted by molar-refractivity contribution is 5.92. The monoisotopic (exact) mass is 676 g/mol. The first-order valence-electron chi connectivity index (χ1n) is 16.6. The SMILES string of the molecule is COc1ccc2c3c1O[C@H]1[C@H](N(C)C(=O)C=Cc4cccc(OC(F)(F)F)c4)CC[C@@]4(OC(C)=O)[C@@H](C2)N(CCc2ccccc2)CC[C@]314. The number of likely N-dealkylation sites (N-methyl/N-ethyl adjacent to an activating group) is 1. The first-order valence-corrected chi connectivity index (χ1v) is 16.6. The fraction of sp³-hybridized carbons (Fsp3) is 0.421. The average molecular weight is 677 g/mol. The number of carbonyl (C=O) groups excluding carboxylic acids is 2. The maximum atomic E-state index is 13.7. The minimum atomic E-state index is -4.82. The lowest BCUT2D eigenvalue weighted by Crippen LogP contribution is -2.79. The number of piperidine rings is 1. The zero-order valence-corrected chi connectivity index (χ0v) is 27.7. The predicted octanol–water partition coefficient (Wildman–Crippen LogP) is 6.10. The Morgan fingerprint density at radius 2 is 1.88 bits per heavy atom. The minimum Gasteiger partial charge on any atom is -0.493 e. The van der Waals surface area contributed by atoms with Gasteiger partial charge in [0.25, 0.3) is 0 Å². The van der Waals surface area contributed by atoms with Gasteiger partial charge in [0.15, 0.2) is 11.5 Å². The lowest BCUT2D eigenvalue weighted by Gasteiger charge is -2.65. The second-order valence-corrected chi connectivity index (χ2v) is 13.4. The van der Waals surface area contributed by atoms with E-state index in [0.717, 1.165) is 30.6 Å². The van der Waals surface area contributed by atoms with Gasteiger partial charge in [0.2, 0.25) is 5.91 Å². The Kier molecular flexibility index (Phi) is 8.37. The predicted molar refractivity (Wildman–Crippen MR) is 175 cm³/mol. The summed E-state index contributed by atoms with van der Waals surface area (Å²) in [6.45, 7) is 3.03. The van der Waals surface area contributed by atoms with Crippen molar-refractivity contribution in [3.63, 3.8) is 0 Å². The molecule has 4 aliphatic rings. The normalized spacial score (nSPS) is 26.9. The highest BCUT2D eigenvalue weighted by Crippen LogP contribution is 2.67. The van der Waals surface area contributed by atoms with Gasteiger partial charge in [-0.05, 0) is 79.6 Å². The number of ether oxygens (including phenoxy) is 4. The summed E-state index contributed by atoms with van der Waals surface area (Å²) in [7, 11) is 3.32. The number of hydrogen-bond acceptors (Lipinski definition) is 7. The van der Waals surface area contributed by atoms with E-state index in [4.69, 9.17) is 14.2 Å². The molecule has 11 heteroatoms. The van der Waals surface area contributed by atoms with Crippen molar-refractivity contribution in [2.45, 2.75) is 74.6 Å². The standard InChI is InChI=1S/C38H39F3N2O6/c1-24(44)48-37-18-16-29(42(2)32(45)15-12-26-10-7-11-28(22-26)49-38(39,40)41)35-36(37)19-21-43(20-17-25-8-5-4-6-9-25)31(37)23-27-13-14-30(46-3)34(47-35)33(27)36/h4-15,22,29,31,35H,16-21,23H2,1-3H3/t29-,31-,35+,36+,37-/m1/s1. The van der Waals surface area contributed by atoms with E-state index in [1.807, 2.05) is 24.3 Å². The molecule has 2 heterocycles. The van der Waals surface area contributed by atoms with E-state index in [1.54, 1.807) is 25.1 Å². The summed E-state index contributed by atoms with van der Waals surface area (Å²) in [6, 6.07) is 19.3. The quantitative estimate of drug-likeness (QED) is 0.200. The molecule has 1 saturated heterocycles.